The molecule has 0 saturated carbocycles. The molecule has 1 fully saturated rings. The zero-order chi connectivity index (χ0) is 14.8. The molecule has 108 valence electrons. The van der Waals surface area contributed by atoms with Crippen LogP contribution in [-0.4, -0.2) is 40.0 Å². The maximum absolute atomic E-state index is 11.8. The number of fused-ring (bicyclic) bond motifs is 1. The van der Waals surface area contributed by atoms with Crippen molar-refractivity contribution in [1.82, 2.24) is 9.88 Å². The molecule has 2 aromatic rings. The Morgan fingerprint density at radius 3 is 2.90 bits per heavy atom. The second-order valence-corrected chi connectivity index (χ2v) is 5.31. The summed E-state index contributed by atoms with van der Waals surface area (Å²) in [6.45, 7) is 0.822. The van der Waals surface area contributed by atoms with Crippen LogP contribution < -0.4 is 0 Å². The normalized spacial score (nSPS) is 18.4. The molecule has 2 heterocycles. The first-order valence-electron chi connectivity index (χ1n) is 6.98. The summed E-state index contributed by atoms with van der Waals surface area (Å²) >= 11 is 0. The van der Waals surface area contributed by atoms with Crippen LogP contribution in [-0.2, 0) is 16.0 Å². The van der Waals surface area contributed by atoms with E-state index < -0.39 is 11.9 Å². The van der Waals surface area contributed by atoms with E-state index >= 15 is 0 Å². The highest BCUT2D eigenvalue weighted by Gasteiger charge is 2.33. The Hall–Kier alpha value is -2.43. The van der Waals surface area contributed by atoms with Gasteiger partial charge in [0.25, 0.3) is 0 Å². The number of carboxylic acids is 1. The summed E-state index contributed by atoms with van der Waals surface area (Å²) in [4.78, 5) is 28.8. The van der Waals surface area contributed by atoms with Crippen LogP contribution in [0.1, 0.15) is 12.1 Å². The van der Waals surface area contributed by atoms with Crippen LogP contribution in [0, 0.1) is 5.92 Å². The number of carbonyl (C=O) groups is 2. The lowest BCUT2D eigenvalue weighted by Gasteiger charge is -2.16. The number of nitrogens with zero attached hydrogens (tertiary/aromatic N) is 2. The second-order valence-electron chi connectivity index (χ2n) is 5.31. The van der Waals surface area contributed by atoms with E-state index in [2.05, 4.69) is 4.98 Å². The molecule has 5 heteroatoms. The Kier molecular flexibility index (Phi) is 3.56. The number of aromatic nitrogens is 1. The van der Waals surface area contributed by atoms with Gasteiger partial charge < -0.3 is 10.0 Å². The van der Waals surface area contributed by atoms with Crippen LogP contribution >= 0.6 is 0 Å². The predicted octanol–water partition coefficient (Wildman–Crippen LogP) is 1.71. The third-order valence-corrected chi connectivity index (χ3v) is 3.94. The summed E-state index contributed by atoms with van der Waals surface area (Å²) in [5.74, 6) is -1.55. The van der Waals surface area contributed by atoms with Crippen LogP contribution in [0.5, 0.6) is 0 Å². The molecule has 0 aliphatic carbocycles. The Bertz CT molecular complexity index is 693. The summed E-state index contributed by atoms with van der Waals surface area (Å²) in [5, 5.41) is 11.2. The molecule has 1 aromatic heterocycles. The van der Waals surface area contributed by atoms with Gasteiger partial charge in [0.2, 0.25) is 5.91 Å². The standard InChI is InChI=1S/C16H16N2O3/c19-15-9-12(16(20)21)10-18(15)8-6-14-13-4-2-1-3-11(13)5-7-17-14/h1-5,7,12H,6,8-10H2,(H,20,21). The zero-order valence-electron chi connectivity index (χ0n) is 11.5. The Labute approximate surface area is 122 Å². The molecule has 0 bridgehead atoms. The molecular weight excluding hydrogens is 268 g/mol. The molecule has 1 saturated heterocycles. The fourth-order valence-corrected chi connectivity index (χ4v) is 2.78. The van der Waals surface area contributed by atoms with Crippen molar-refractivity contribution in [3.63, 3.8) is 0 Å². The highest BCUT2D eigenvalue weighted by Crippen LogP contribution is 2.20. The van der Waals surface area contributed by atoms with Crippen molar-refractivity contribution in [2.24, 2.45) is 5.92 Å². The van der Waals surface area contributed by atoms with Gasteiger partial charge in [-0.25, -0.2) is 0 Å². The van der Waals surface area contributed by atoms with Crippen molar-refractivity contribution < 1.29 is 14.7 Å². The summed E-state index contributed by atoms with van der Waals surface area (Å²) in [7, 11) is 0. The van der Waals surface area contributed by atoms with Crippen molar-refractivity contribution in [2.45, 2.75) is 12.8 Å². The molecular formula is C16H16N2O3. The molecule has 3 rings (SSSR count). The number of carboxylic acid groups (broad SMARTS) is 1. The third kappa shape index (κ3) is 2.72. The van der Waals surface area contributed by atoms with Crippen LogP contribution in [0.15, 0.2) is 36.5 Å². The number of hydrogen-bond donors (Lipinski definition) is 1. The highest BCUT2D eigenvalue weighted by atomic mass is 16.4. The second kappa shape index (κ2) is 5.52. The van der Waals surface area contributed by atoms with Crippen LogP contribution in [0.3, 0.4) is 0 Å². The van der Waals surface area contributed by atoms with Crippen molar-refractivity contribution in [3.8, 4) is 0 Å². The van der Waals surface area contributed by atoms with E-state index in [4.69, 9.17) is 5.11 Å². The lowest BCUT2D eigenvalue weighted by atomic mass is 10.1. The molecule has 5 nitrogen and oxygen atoms in total. The Morgan fingerprint density at radius 2 is 2.14 bits per heavy atom. The first-order valence-corrected chi connectivity index (χ1v) is 6.98. The van der Waals surface area contributed by atoms with Crippen LogP contribution in [0.2, 0.25) is 0 Å². The number of benzene rings is 1. The minimum Gasteiger partial charge on any atom is -0.481 e. The summed E-state index contributed by atoms with van der Waals surface area (Å²) in [5.41, 5.74) is 0.944. The van der Waals surface area contributed by atoms with Gasteiger partial charge in [0.1, 0.15) is 0 Å². The predicted molar refractivity (Wildman–Crippen MR) is 77.8 cm³/mol. The van der Waals surface area contributed by atoms with Gasteiger partial charge >= 0.3 is 5.97 Å². The average molecular weight is 284 g/mol. The van der Waals surface area contributed by atoms with E-state index in [1.165, 1.54) is 0 Å². The van der Waals surface area contributed by atoms with Gasteiger partial charge in [-0.1, -0.05) is 24.3 Å². The molecule has 1 atom stereocenters. The summed E-state index contributed by atoms with van der Waals surface area (Å²) < 4.78 is 0. The van der Waals surface area contributed by atoms with Crippen molar-refractivity contribution >= 4 is 22.6 Å². The number of amides is 1. The maximum atomic E-state index is 11.8. The van der Waals surface area contributed by atoms with E-state index in [1.807, 2.05) is 30.3 Å². The van der Waals surface area contributed by atoms with Gasteiger partial charge in [0.15, 0.2) is 0 Å². The molecule has 1 aromatic carbocycles. The van der Waals surface area contributed by atoms with Gasteiger partial charge in [-0.3, -0.25) is 14.6 Å². The summed E-state index contributed by atoms with van der Waals surface area (Å²) in [6, 6.07) is 9.95. The van der Waals surface area contributed by atoms with Crippen LogP contribution in [0.25, 0.3) is 10.8 Å². The first kappa shape index (κ1) is 13.5. The van der Waals surface area contributed by atoms with E-state index in [-0.39, 0.29) is 12.3 Å². The molecule has 1 N–H and O–H groups in total. The lowest BCUT2D eigenvalue weighted by molar-refractivity contribution is -0.141. The zero-order valence-corrected chi connectivity index (χ0v) is 11.5. The maximum Gasteiger partial charge on any atom is 0.308 e. The monoisotopic (exact) mass is 284 g/mol. The fourth-order valence-electron chi connectivity index (χ4n) is 2.78. The van der Waals surface area contributed by atoms with Gasteiger partial charge in [-0.15, -0.1) is 0 Å². The number of hydrogen-bond acceptors (Lipinski definition) is 3. The van der Waals surface area contributed by atoms with Crippen molar-refractivity contribution in [3.05, 3.63) is 42.2 Å². The van der Waals surface area contributed by atoms with Gasteiger partial charge in [-0.2, -0.15) is 0 Å². The van der Waals surface area contributed by atoms with Gasteiger partial charge in [0, 0.05) is 43.2 Å². The van der Waals surface area contributed by atoms with Crippen molar-refractivity contribution in [1.29, 1.82) is 0 Å². The molecule has 1 aliphatic rings. The van der Waals surface area contributed by atoms with E-state index in [0.29, 0.717) is 19.5 Å². The lowest BCUT2D eigenvalue weighted by Crippen LogP contribution is -2.28. The van der Waals surface area contributed by atoms with Gasteiger partial charge in [0.05, 0.1) is 5.92 Å². The highest BCUT2D eigenvalue weighted by molar-refractivity contribution is 5.86. The first-order chi connectivity index (χ1) is 10.1. The van der Waals surface area contributed by atoms with Crippen molar-refractivity contribution in [2.75, 3.05) is 13.1 Å². The quantitative estimate of drug-likeness (QED) is 0.928. The minimum atomic E-state index is -0.894. The number of aliphatic carboxylic acids is 1. The third-order valence-electron chi connectivity index (χ3n) is 3.94. The largest absolute Gasteiger partial charge is 0.481 e. The minimum absolute atomic E-state index is 0.0809. The van der Waals surface area contributed by atoms with Crippen LogP contribution in [0.4, 0.5) is 0 Å². The van der Waals surface area contributed by atoms with Gasteiger partial charge in [-0.05, 0) is 11.5 Å². The number of likely N-dealkylation sites (tertiary alicyclic amines) is 1. The van der Waals surface area contributed by atoms with E-state index in [1.54, 1.807) is 11.1 Å². The van der Waals surface area contributed by atoms with E-state index in [9.17, 15) is 9.59 Å². The number of rotatable bonds is 4. The molecule has 1 aliphatic heterocycles. The number of carbonyl (C=O) groups excluding carboxylic acids is 1. The molecule has 21 heavy (non-hydrogen) atoms. The SMILES string of the molecule is O=C(O)C1CC(=O)N(CCc2nccc3ccccc23)C1. The van der Waals surface area contributed by atoms with E-state index in [0.717, 1.165) is 16.5 Å². The molecule has 0 spiro atoms. The topological polar surface area (TPSA) is 70.5 Å². The molecule has 1 unspecified atom stereocenters. The molecule has 0 radical (unpaired) electrons. The Balaban J connectivity index is 1.73. The average Bonchev–Trinajstić information content (AvgIpc) is 2.86. The summed E-state index contributed by atoms with van der Waals surface area (Å²) in [6.07, 6.45) is 2.52. The smallest absolute Gasteiger partial charge is 0.308 e. The fraction of sp³-hybridized carbons (Fsp3) is 0.312. The number of pyridine rings is 1. The molecule has 1 amide bonds. The Morgan fingerprint density at radius 1 is 1.33 bits per heavy atom.